The standard InChI is InChI=1S/C16H21N3O2/c1-21-12-2-3-15-14(10-12)13(4-5-18-15)16(20)11-19-8-6-17-7-9-19/h2-5,10,16-17,20H,6-9,11H2,1H3. The lowest BCUT2D eigenvalue weighted by atomic mass is 10.0. The summed E-state index contributed by atoms with van der Waals surface area (Å²) in [6.45, 7) is 4.57. The molecule has 1 aliphatic heterocycles. The first kappa shape index (κ1) is 14.3. The Balaban J connectivity index is 1.87. The van der Waals surface area contributed by atoms with Crippen LogP contribution in [-0.4, -0.2) is 54.8 Å². The van der Waals surface area contributed by atoms with Gasteiger partial charge in [-0.2, -0.15) is 0 Å². The van der Waals surface area contributed by atoms with Gasteiger partial charge in [-0.25, -0.2) is 0 Å². The predicted molar refractivity (Wildman–Crippen MR) is 82.6 cm³/mol. The molecule has 0 radical (unpaired) electrons. The molecule has 112 valence electrons. The molecule has 5 nitrogen and oxygen atoms in total. The molecule has 0 aliphatic carbocycles. The summed E-state index contributed by atoms with van der Waals surface area (Å²) < 4.78 is 5.28. The summed E-state index contributed by atoms with van der Waals surface area (Å²) in [5.41, 5.74) is 1.80. The van der Waals surface area contributed by atoms with Gasteiger partial charge in [-0.1, -0.05) is 0 Å². The van der Waals surface area contributed by atoms with Crippen LogP contribution in [0.25, 0.3) is 10.9 Å². The van der Waals surface area contributed by atoms with Crippen molar-refractivity contribution in [1.29, 1.82) is 0 Å². The highest BCUT2D eigenvalue weighted by atomic mass is 16.5. The zero-order chi connectivity index (χ0) is 14.7. The molecule has 1 atom stereocenters. The van der Waals surface area contributed by atoms with E-state index in [0.717, 1.165) is 48.4 Å². The minimum atomic E-state index is -0.513. The van der Waals surface area contributed by atoms with Crippen LogP contribution in [0.15, 0.2) is 30.5 Å². The number of nitrogens with zero attached hydrogens (tertiary/aromatic N) is 2. The van der Waals surface area contributed by atoms with Crippen molar-refractivity contribution in [2.45, 2.75) is 6.10 Å². The fourth-order valence-electron chi connectivity index (χ4n) is 2.80. The number of piperazine rings is 1. The van der Waals surface area contributed by atoms with Crippen LogP contribution in [0.1, 0.15) is 11.7 Å². The zero-order valence-corrected chi connectivity index (χ0v) is 12.2. The Kier molecular flexibility index (Phi) is 4.34. The topological polar surface area (TPSA) is 57.6 Å². The molecule has 2 heterocycles. The minimum absolute atomic E-state index is 0.513. The molecule has 2 N–H and O–H groups in total. The Morgan fingerprint density at radius 1 is 1.33 bits per heavy atom. The van der Waals surface area contributed by atoms with Gasteiger partial charge in [0.1, 0.15) is 5.75 Å². The third-order valence-electron chi connectivity index (χ3n) is 3.98. The van der Waals surface area contributed by atoms with Gasteiger partial charge in [0.05, 0.1) is 18.7 Å². The van der Waals surface area contributed by atoms with Gasteiger partial charge in [0.15, 0.2) is 0 Å². The van der Waals surface area contributed by atoms with Crippen LogP contribution in [-0.2, 0) is 0 Å². The zero-order valence-electron chi connectivity index (χ0n) is 12.2. The van der Waals surface area contributed by atoms with E-state index in [2.05, 4.69) is 15.2 Å². The van der Waals surface area contributed by atoms with Gasteiger partial charge in [-0.15, -0.1) is 0 Å². The third-order valence-corrected chi connectivity index (χ3v) is 3.98. The largest absolute Gasteiger partial charge is 0.497 e. The third kappa shape index (κ3) is 3.15. The molecule has 1 saturated heterocycles. The van der Waals surface area contributed by atoms with Gasteiger partial charge in [-0.05, 0) is 29.8 Å². The molecule has 1 aromatic heterocycles. The molecular weight excluding hydrogens is 266 g/mol. The Bertz CT molecular complexity index is 611. The second-order valence-electron chi connectivity index (χ2n) is 5.35. The van der Waals surface area contributed by atoms with E-state index in [0.29, 0.717) is 6.54 Å². The van der Waals surface area contributed by atoms with E-state index in [9.17, 15) is 5.11 Å². The van der Waals surface area contributed by atoms with Crippen LogP contribution in [0.5, 0.6) is 5.75 Å². The highest BCUT2D eigenvalue weighted by Crippen LogP contribution is 2.27. The van der Waals surface area contributed by atoms with Gasteiger partial charge in [0.2, 0.25) is 0 Å². The van der Waals surface area contributed by atoms with Crippen molar-refractivity contribution in [3.8, 4) is 5.75 Å². The number of benzene rings is 1. The predicted octanol–water partition coefficient (Wildman–Crippen LogP) is 1.18. The highest BCUT2D eigenvalue weighted by Gasteiger charge is 2.18. The number of β-amino-alcohol motifs (C(OH)–C–C–N with tert-alkyl or cyclic N) is 1. The molecule has 3 rings (SSSR count). The summed E-state index contributed by atoms with van der Waals surface area (Å²) in [5.74, 6) is 0.783. The Morgan fingerprint density at radius 2 is 2.14 bits per heavy atom. The van der Waals surface area contributed by atoms with Crippen LogP contribution in [0.4, 0.5) is 0 Å². The molecule has 0 bridgehead atoms. The van der Waals surface area contributed by atoms with Crippen LogP contribution in [0.2, 0.25) is 0 Å². The number of fused-ring (bicyclic) bond motifs is 1. The average molecular weight is 287 g/mol. The Morgan fingerprint density at radius 3 is 2.90 bits per heavy atom. The van der Waals surface area contributed by atoms with Gasteiger partial charge in [0, 0.05) is 44.3 Å². The van der Waals surface area contributed by atoms with Gasteiger partial charge in [-0.3, -0.25) is 9.88 Å². The summed E-state index contributed by atoms with van der Waals surface area (Å²) in [4.78, 5) is 6.64. The number of hydrogen-bond donors (Lipinski definition) is 2. The molecule has 2 aromatic rings. The van der Waals surface area contributed by atoms with Crippen molar-refractivity contribution >= 4 is 10.9 Å². The first-order chi connectivity index (χ1) is 10.3. The molecule has 0 saturated carbocycles. The van der Waals surface area contributed by atoms with Crippen molar-refractivity contribution in [3.63, 3.8) is 0 Å². The van der Waals surface area contributed by atoms with E-state index in [-0.39, 0.29) is 0 Å². The van der Waals surface area contributed by atoms with Gasteiger partial charge >= 0.3 is 0 Å². The van der Waals surface area contributed by atoms with E-state index in [4.69, 9.17) is 4.74 Å². The second kappa shape index (κ2) is 6.39. The Labute approximate surface area is 124 Å². The molecule has 0 amide bonds. The molecule has 21 heavy (non-hydrogen) atoms. The first-order valence-corrected chi connectivity index (χ1v) is 7.32. The maximum absolute atomic E-state index is 10.6. The normalized spacial score (nSPS) is 17.8. The molecule has 1 aromatic carbocycles. The van der Waals surface area contributed by atoms with Crippen molar-refractivity contribution < 1.29 is 9.84 Å². The monoisotopic (exact) mass is 287 g/mol. The maximum Gasteiger partial charge on any atom is 0.119 e. The van der Waals surface area contributed by atoms with Crippen molar-refractivity contribution in [2.75, 3.05) is 39.8 Å². The van der Waals surface area contributed by atoms with Crippen LogP contribution < -0.4 is 10.1 Å². The molecule has 1 fully saturated rings. The first-order valence-electron chi connectivity index (χ1n) is 7.32. The number of nitrogens with one attached hydrogen (secondary N) is 1. The molecular formula is C16H21N3O2. The second-order valence-corrected chi connectivity index (χ2v) is 5.35. The fraction of sp³-hybridized carbons (Fsp3) is 0.438. The van der Waals surface area contributed by atoms with Crippen LogP contribution in [0, 0.1) is 0 Å². The van der Waals surface area contributed by atoms with E-state index in [1.54, 1.807) is 13.3 Å². The summed E-state index contributed by atoms with van der Waals surface area (Å²) in [6.07, 6.45) is 1.24. The quantitative estimate of drug-likeness (QED) is 0.884. The van der Waals surface area contributed by atoms with E-state index in [1.807, 2.05) is 24.3 Å². The lowest BCUT2D eigenvalue weighted by Gasteiger charge is -2.29. The van der Waals surface area contributed by atoms with Crippen molar-refractivity contribution in [3.05, 3.63) is 36.0 Å². The number of rotatable bonds is 4. The lowest BCUT2D eigenvalue weighted by Crippen LogP contribution is -2.44. The van der Waals surface area contributed by atoms with Crippen molar-refractivity contribution in [2.24, 2.45) is 0 Å². The minimum Gasteiger partial charge on any atom is -0.497 e. The van der Waals surface area contributed by atoms with Crippen LogP contribution >= 0.6 is 0 Å². The molecule has 5 heteroatoms. The smallest absolute Gasteiger partial charge is 0.119 e. The van der Waals surface area contributed by atoms with Crippen LogP contribution in [0.3, 0.4) is 0 Å². The van der Waals surface area contributed by atoms with E-state index < -0.39 is 6.10 Å². The number of aromatic nitrogens is 1. The number of pyridine rings is 1. The van der Waals surface area contributed by atoms with E-state index >= 15 is 0 Å². The lowest BCUT2D eigenvalue weighted by molar-refractivity contribution is 0.106. The van der Waals surface area contributed by atoms with E-state index in [1.165, 1.54) is 0 Å². The number of ether oxygens (including phenoxy) is 1. The van der Waals surface area contributed by atoms with Crippen molar-refractivity contribution in [1.82, 2.24) is 15.2 Å². The number of methoxy groups -OCH3 is 1. The molecule has 0 spiro atoms. The average Bonchev–Trinajstić information content (AvgIpc) is 2.54. The number of aliphatic hydroxyl groups excluding tert-OH is 1. The highest BCUT2D eigenvalue weighted by molar-refractivity contribution is 5.83. The summed E-state index contributed by atoms with van der Waals surface area (Å²) in [7, 11) is 1.65. The summed E-state index contributed by atoms with van der Waals surface area (Å²) in [6, 6.07) is 7.66. The Hall–Kier alpha value is -1.69. The number of aliphatic hydroxyl groups is 1. The summed E-state index contributed by atoms with van der Waals surface area (Å²) >= 11 is 0. The maximum atomic E-state index is 10.6. The molecule has 1 unspecified atom stereocenters. The summed E-state index contributed by atoms with van der Waals surface area (Å²) in [5, 5.41) is 14.9. The number of hydrogen-bond acceptors (Lipinski definition) is 5. The fourth-order valence-corrected chi connectivity index (χ4v) is 2.80. The molecule has 1 aliphatic rings. The SMILES string of the molecule is COc1ccc2nccc(C(O)CN3CCNCC3)c2c1. The van der Waals surface area contributed by atoms with Gasteiger partial charge in [0.25, 0.3) is 0 Å². The van der Waals surface area contributed by atoms with Gasteiger partial charge < -0.3 is 15.2 Å².